The van der Waals surface area contributed by atoms with Gasteiger partial charge in [0.2, 0.25) is 0 Å². The van der Waals surface area contributed by atoms with Crippen molar-refractivity contribution >= 4 is 17.6 Å². The van der Waals surface area contributed by atoms with Gasteiger partial charge in [-0.05, 0) is 24.6 Å². The highest BCUT2D eigenvalue weighted by Gasteiger charge is 2.41. The Hall–Kier alpha value is -1.14. The van der Waals surface area contributed by atoms with Crippen molar-refractivity contribution in [2.24, 2.45) is 5.92 Å². The number of nitrogens with one attached hydrogen (secondary N) is 2. The summed E-state index contributed by atoms with van der Waals surface area (Å²) in [5.74, 6) is -1.09. The molecule has 0 bridgehead atoms. The fourth-order valence-corrected chi connectivity index (χ4v) is 3.54. The third-order valence-electron chi connectivity index (χ3n) is 4.72. The van der Waals surface area contributed by atoms with Crippen LogP contribution in [0.25, 0.3) is 0 Å². The highest BCUT2D eigenvalue weighted by atomic mass is 35.5. The zero-order valence-electron chi connectivity index (χ0n) is 12.6. The maximum atomic E-state index is 11.6. The summed E-state index contributed by atoms with van der Waals surface area (Å²) in [6.07, 6.45) is 0.204. The smallest absolute Gasteiger partial charge is 0.308 e. The number of halogens is 1. The number of carbonyl (C=O) groups is 1. The minimum absolute atomic E-state index is 0.0101. The molecule has 0 saturated carbocycles. The van der Waals surface area contributed by atoms with Gasteiger partial charge in [-0.3, -0.25) is 15.0 Å². The minimum atomic E-state index is -0.723. The van der Waals surface area contributed by atoms with Crippen molar-refractivity contribution in [2.45, 2.75) is 25.0 Å². The number of likely N-dealkylation sites (tertiary alicyclic amines) is 1. The molecular weight excluding hydrogens is 302 g/mol. The van der Waals surface area contributed by atoms with Gasteiger partial charge in [0.25, 0.3) is 0 Å². The van der Waals surface area contributed by atoms with Gasteiger partial charge >= 0.3 is 5.97 Å². The van der Waals surface area contributed by atoms with Gasteiger partial charge in [-0.15, -0.1) is 0 Å². The molecule has 120 valence electrons. The molecule has 0 aromatic heterocycles. The highest BCUT2D eigenvalue weighted by molar-refractivity contribution is 6.30. The summed E-state index contributed by atoms with van der Waals surface area (Å²) < 4.78 is 0. The topological polar surface area (TPSA) is 64.6 Å². The summed E-state index contributed by atoms with van der Waals surface area (Å²) in [6.45, 7) is 5.23. The molecular formula is C16H22ClN3O2. The summed E-state index contributed by atoms with van der Waals surface area (Å²) in [4.78, 5) is 13.9. The Morgan fingerprint density at radius 2 is 1.95 bits per heavy atom. The summed E-state index contributed by atoms with van der Waals surface area (Å²) >= 11 is 5.94. The van der Waals surface area contributed by atoms with E-state index in [1.54, 1.807) is 0 Å². The Morgan fingerprint density at radius 1 is 1.23 bits per heavy atom. The minimum Gasteiger partial charge on any atom is -0.481 e. The molecule has 2 saturated heterocycles. The predicted octanol–water partition coefficient (Wildman–Crippen LogP) is 1.35. The third kappa shape index (κ3) is 3.27. The van der Waals surface area contributed by atoms with E-state index in [9.17, 15) is 9.90 Å². The first-order valence-electron chi connectivity index (χ1n) is 7.73. The zero-order chi connectivity index (χ0) is 15.7. The number of carboxylic acid groups (broad SMARTS) is 1. The lowest BCUT2D eigenvalue weighted by molar-refractivity contribution is -0.141. The van der Waals surface area contributed by atoms with Gasteiger partial charge in [-0.1, -0.05) is 23.7 Å². The molecule has 1 aromatic rings. The Bertz CT molecular complexity index is 529. The van der Waals surface area contributed by atoms with Gasteiger partial charge in [-0.25, -0.2) is 0 Å². The SMILES string of the molecule is CC1CN[C@H](N2CC(C(=O)O)C(c3ccc(Cl)cc3)C2)CN1. The number of hydrogen-bond donors (Lipinski definition) is 3. The number of rotatable bonds is 3. The number of aliphatic carboxylic acids is 1. The second-order valence-corrected chi connectivity index (χ2v) is 6.73. The van der Waals surface area contributed by atoms with Crippen LogP contribution in [0.15, 0.2) is 24.3 Å². The third-order valence-corrected chi connectivity index (χ3v) is 4.98. The largest absolute Gasteiger partial charge is 0.481 e. The molecule has 2 fully saturated rings. The first kappa shape index (κ1) is 15.7. The van der Waals surface area contributed by atoms with Crippen molar-refractivity contribution in [3.05, 3.63) is 34.9 Å². The number of hydrogen-bond acceptors (Lipinski definition) is 4. The van der Waals surface area contributed by atoms with Crippen molar-refractivity contribution in [3.63, 3.8) is 0 Å². The van der Waals surface area contributed by atoms with E-state index in [1.807, 2.05) is 24.3 Å². The molecule has 4 atom stereocenters. The summed E-state index contributed by atoms with van der Waals surface area (Å²) in [5.41, 5.74) is 1.05. The maximum Gasteiger partial charge on any atom is 0.308 e. The average molecular weight is 324 g/mol. The second-order valence-electron chi connectivity index (χ2n) is 6.29. The summed E-state index contributed by atoms with van der Waals surface area (Å²) in [7, 11) is 0. The molecule has 0 aliphatic carbocycles. The van der Waals surface area contributed by atoms with E-state index in [4.69, 9.17) is 11.6 Å². The number of carboxylic acids is 1. The standard InChI is InChI=1S/C16H22ClN3O2/c1-10-6-19-15(7-18-10)20-8-13(14(9-20)16(21)22)11-2-4-12(17)5-3-11/h2-5,10,13-15,18-19H,6-9H2,1H3,(H,21,22)/t10?,13?,14?,15-/m1/s1. The monoisotopic (exact) mass is 323 g/mol. The fourth-order valence-electron chi connectivity index (χ4n) is 3.41. The fraction of sp³-hybridized carbons (Fsp3) is 0.562. The van der Waals surface area contributed by atoms with Crippen molar-refractivity contribution in [1.82, 2.24) is 15.5 Å². The van der Waals surface area contributed by atoms with Crippen molar-refractivity contribution < 1.29 is 9.90 Å². The van der Waals surface area contributed by atoms with Crippen molar-refractivity contribution in [2.75, 3.05) is 26.2 Å². The van der Waals surface area contributed by atoms with Crippen LogP contribution in [0.1, 0.15) is 18.4 Å². The molecule has 2 aliphatic rings. The Morgan fingerprint density at radius 3 is 2.55 bits per heavy atom. The molecule has 3 unspecified atom stereocenters. The van der Waals surface area contributed by atoms with Crippen LogP contribution in [0, 0.1) is 5.92 Å². The van der Waals surface area contributed by atoms with E-state index >= 15 is 0 Å². The zero-order valence-corrected chi connectivity index (χ0v) is 13.4. The first-order valence-corrected chi connectivity index (χ1v) is 8.11. The molecule has 2 heterocycles. The molecule has 5 nitrogen and oxygen atoms in total. The molecule has 3 N–H and O–H groups in total. The van der Waals surface area contributed by atoms with E-state index in [-0.39, 0.29) is 18.0 Å². The van der Waals surface area contributed by atoms with Crippen LogP contribution in [-0.4, -0.2) is 54.4 Å². The van der Waals surface area contributed by atoms with Gasteiger partial charge in [0.1, 0.15) is 0 Å². The lowest BCUT2D eigenvalue weighted by Gasteiger charge is -2.35. The second kappa shape index (κ2) is 6.54. The van der Waals surface area contributed by atoms with Crippen LogP contribution in [0.4, 0.5) is 0 Å². The van der Waals surface area contributed by atoms with Crippen LogP contribution in [0.3, 0.4) is 0 Å². The molecule has 2 aliphatic heterocycles. The molecule has 6 heteroatoms. The van der Waals surface area contributed by atoms with Gasteiger partial charge in [0.05, 0.1) is 12.1 Å². The predicted molar refractivity (Wildman–Crippen MR) is 86.1 cm³/mol. The van der Waals surface area contributed by atoms with Gasteiger partial charge in [-0.2, -0.15) is 0 Å². The summed E-state index contributed by atoms with van der Waals surface area (Å²) in [6, 6.07) is 8.02. The molecule has 0 radical (unpaired) electrons. The average Bonchev–Trinajstić information content (AvgIpc) is 2.94. The van der Waals surface area contributed by atoms with Crippen LogP contribution >= 0.6 is 11.6 Å². The van der Waals surface area contributed by atoms with E-state index < -0.39 is 5.97 Å². The first-order chi connectivity index (χ1) is 10.5. The molecule has 0 amide bonds. The highest BCUT2D eigenvalue weighted by Crippen LogP contribution is 2.34. The Balaban J connectivity index is 1.75. The quantitative estimate of drug-likeness (QED) is 0.783. The maximum absolute atomic E-state index is 11.6. The van der Waals surface area contributed by atoms with E-state index in [1.165, 1.54) is 0 Å². The normalized spacial score (nSPS) is 33.0. The van der Waals surface area contributed by atoms with Gasteiger partial charge in [0.15, 0.2) is 0 Å². The van der Waals surface area contributed by atoms with Crippen LogP contribution < -0.4 is 10.6 Å². The Labute approximate surface area is 135 Å². The van der Waals surface area contributed by atoms with E-state index in [0.29, 0.717) is 17.6 Å². The lowest BCUT2D eigenvalue weighted by atomic mass is 9.89. The van der Waals surface area contributed by atoms with E-state index in [2.05, 4.69) is 22.5 Å². The Kier molecular flexibility index (Phi) is 4.68. The number of nitrogens with zero attached hydrogens (tertiary/aromatic N) is 1. The van der Waals surface area contributed by atoms with Crippen LogP contribution in [-0.2, 0) is 4.79 Å². The van der Waals surface area contributed by atoms with Crippen molar-refractivity contribution in [1.29, 1.82) is 0 Å². The molecule has 3 rings (SSSR count). The lowest BCUT2D eigenvalue weighted by Crippen LogP contribution is -2.59. The van der Waals surface area contributed by atoms with Crippen LogP contribution in [0.5, 0.6) is 0 Å². The number of benzene rings is 1. The van der Waals surface area contributed by atoms with Crippen molar-refractivity contribution in [3.8, 4) is 0 Å². The van der Waals surface area contributed by atoms with Crippen LogP contribution in [0.2, 0.25) is 5.02 Å². The number of piperazine rings is 1. The van der Waals surface area contributed by atoms with E-state index in [0.717, 1.165) is 25.2 Å². The molecule has 22 heavy (non-hydrogen) atoms. The molecule has 0 spiro atoms. The van der Waals surface area contributed by atoms with Gasteiger partial charge < -0.3 is 10.4 Å². The van der Waals surface area contributed by atoms with Gasteiger partial charge in [0, 0.05) is 43.2 Å². The summed E-state index contributed by atoms with van der Waals surface area (Å²) in [5, 5.41) is 17.2. The molecule has 1 aromatic carbocycles.